The Hall–Kier alpha value is -1.27. The number of rotatable bonds is 8. The maximum atomic E-state index is 11.9. The summed E-state index contributed by atoms with van der Waals surface area (Å²) in [7, 11) is -3.40. The molecule has 1 unspecified atom stereocenters. The predicted octanol–water partition coefficient (Wildman–Crippen LogP) is 2.80. The molecule has 1 N–H and O–H groups in total. The van der Waals surface area contributed by atoms with Gasteiger partial charge in [0.1, 0.15) is 0 Å². The zero-order valence-corrected chi connectivity index (χ0v) is 14.7. The Morgan fingerprint density at radius 2 is 1.91 bits per heavy atom. The number of hydrogen-bond acceptors (Lipinski definition) is 3. The van der Waals surface area contributed by atoms with Crippen LogP contribution in [0.4, 0.5) is 5.69 Å². The molecule has 124 valence electrons. The second kappa shape index (κ2) is 8.39. The number of carbonyl (C=O) groups excluding carboxylic acids is 1. The van der Waals surface area contributed by atoms with E-state index in [0.717, 1.165) is 12.7 Å². The third-order valence-corrected chi connectivity index (χ3v) is 4.75. The molecule has 0 spiro atoms. The molecule has 22 heavy (non-hydrogen) atoms. The molecule has 0 aliphatic rings. The van der Waals surface area contributed by atoms with Gasteiger partial charge in [0.2, 0.25) is 15.9 Å². The number of nitrogens with zero attached hydrogens (tertiary/aromatic N) is 1. The molecule has 5 nitrogen and oxygen atoms in total. The maximum Gasteiger partial charge on any atom is 0.232 e. The molecule has 1 rings (SSSR count). The SMILES string of the molecule is CCC(C)NC(=O)CCCN(c1ccc(Cl)cc1)S(C)(=O)=O. The van der Waals surface area contributed by atoms with E-state index in [1.54, 1.807) is 24.3 Å². The highest BCUT2D eigenvalue weighted by atomic mass is 35.5. The molecule has 0 fully saturated rings. The Balaban J connectivity index is 2.65. The molecular weight excluding hydrogens is 324 g/mol. The van der Waals surface area contributed by atoms with Gasteiger partial charge < -0.3 is 5.32 Å². The Kier molecular flexibility index (Phi) is 7.16. The topological polar surface area (TPSA) is 66.5 Å². The van der Waals surface area contributed by atoms with Crippen molar-refractivity contribution in [3.05, 3.63) is 29.3 Å². The molecule has 0 saturated heterocycles. The maximum absolute atomic E-state index is 11.9. The smallest absolute Gasteiger partial charge is 0.232 e. The van der Waals surface area contributed by atoms with Crippen LogP contribution < -0.4 is 9.62 Å². The average Bonchev–Trinajstić information content (AvgIpc) is 2.43. The largest absolute Gasteiger partial charge is 0.354 e. The van der Waals surface area contributed by atoms with Crippen LogP contribution in [0.5, 0.6) is 0 Å². The van der Waals surface area contributed by atoms with Crippen LogP contribution in [-0.2, 0) is 14.8 Å². The molecule has 0 heterocycles. The number of benzene rings is 1. The van der Waals surface area contributed by atoms with E-state index in [1.165, 1.54) is 4.31 Å². The fourth-order valence-corrected chi connectivity index (χ4v) is 3.02. The van der Waals surface area contributed by atoms with Crippen molar-refractivity contribution < 1.29 is 13.2 Å². The molecule has 1 aromatic carbocycles. The molecular formula is C15H23ClN2O3S. The minimum atomic E-state index is -3.40. The van der Waals surface area contributed by atoms with E-state index in [1.807, 2.05) is 13.8 Å². The number of nitrogens with one attached hydrogen (secondary N) is 1. The van der Waals surface area contributed by atoms with Gasteiger partial charge in [-0.15, -0.1) is 0 Å². The third kappa shape index (κ3) is 6.23. The standard InChI is InChI=1S/C15H23ClN2O3S/c1-4-12(2)17-15(19)6-5-11-18(22(3,20)21)14-9-7-13(16)8-10-14/h7-10,12H,4-6,11H2,1-3H3,(H,17,19). The van der Waals surface area contributed by atoms with Crippen LogP contribution in [-0.4, -0.2) is 33.2 Å². The van der Waals surface area contributed by atoms with Gasteiger partial charge in [-0.2, -0.15) is 0 Å². The number of halogens is 1. The van der Waals surface area contributed by atoms with Crippen molar-refractivity contribution >= 4 is 33.2 Å². The molecule has 1 amide bonds. The van der Waals surface area contributed by atoms with Crippen LogP contribution in [0.25, 0.3) is 0 Å². The van der Waals surface area contributed by atoms with Crippen molar-refractivity contribution in [1.29, 1.82) is 0 Å². The van der Waals surface area contributed by atoms with Crippen molar-refractivity contribution in [1.82, 2.24) is 5.32 Å². The highest BCUT2D eigenvalue weighted by molar-refractivity contribution is 7.92. The Labute approximate surface area is 137 Å². The van der Waals surface area contributed by atoms with Crippen molar-refractivity contribution in [2.45, 2.75) is 39.2 Å². The van der Waals surface area contributed by atoms with Crippen LogP contribution in [0.3, 0.4) is 0 Å². The summed E-state index contributed by atoms with van der Waals surface area (Å²) in [5.41, 5.74) is 0.550. The summed E-state index contributed by atoms with van der Waals surface area (Å²) in [5, 5.41) is 3.41. The van der Waals surface area contributed by atoms with E-state index in [9.17, 15) is 13.2 Å². The van der Waals surface area contributed by atoms with E-state index in [-0.39, 0.29) is 18.5 Å². The summed E-state index contributed by atoms with van der Waals surface area (Å²) >= 11 is 5.82. The summed E-state index contributed by atoms with van der Waals surface area (Å²) in [5.74, 6) is -0.0566. The number of sulfonamides is 1. The molecule has 1 aromatic rings. The minimum absolute atomic E-state index is 0.0566. The van der Waals surface area contributed by atoms with E-state index in [0.29, 0.717) is 23.6 Å². The number of anilines is 1. The second-order valence-electron chi connectivity index (χ2n) is 5.29. The number of amides is 1. The molecule has 0 bridgehead atoms. The monoisotopic (exact) mass is 346 g/mol. The molecule has 0 aliphatic carbocycles. The van der Waals surface area contributed by atoms with E-state index >= 15 is 0 Å². The first-order valence-electron chi connectivity index (χ1n) is 7.26. The van der Waals surface area contributed by atoms with E-state index < -0.39 is 10.0 Å². The zero-order valence-electron chi connectivity index (χ0n) is 13.2. The lowest BCUT2D eigenvalue weighted by molar-refractivity contribution is -0.121. The van der Waals surface area contributed by atoms with Gasteiger partial charge in [-0.1, -0.05) is 18.5 Å². The Morgan fingerprint density at radius 3 is 2.41 bits per heavy atom. The predicted molar refractivity (Wildman–Crippen MR) is 90.8 cm³/mol. The van der Waals surface area contributed by atoms with Gasteiger partial charge in [0.25, 0.3) is 0 Å². The summed E-state index contributed by atoms with van der Waals surface area (Å²) in [4.78, 5) is 11.7. The van der Waals surface area contributed by atoms with Gasteiger partial charge in [0, 0.05) is 24.0 Å². The van der Waals surface area contributed by atoms with Crippen LogP contribution >= 0.6 is 11.6 Å². The second-order valence-corrected chi connectivity index (χ2v) is 7.64. The van der Waals surface area contributed by atoms with Gasteiger partial charge >= 0.3 is 0 Å². The first-order valence-corrected chi connectivity index (χ1v) is 9.49. The Bertz CT molecular complexity index is 587. The van der Waals surface area contributed by atoms with Gasteiger partial charge in [0.15, 0.2) is 0 Å². The number of hydrogen-bond donors (Lipinski definition) is 1. The van der Waals surface area contributed by atoms with E-state index in [2.05, 4.69) is 5.32 Å². The molecule has 0 aromatic heterocycles. The fourth-order valence-electron chi connectivity index (χ4n) is 1.93. The Morgan fingerprint density at radius 1 is 1.32 bits per heavy atom. The molecule has 7 heteroatoms. The van der Waals surface area contributed by atoms with Gasteiger partial charge in [-0.25, -0.2) is 8.42 Å². The van der Waals surface area contributed by atoms with Gasteiger partial charge in [-0.05, 0) is 44.0 Å². The first-order chi connectivity index (χ1) is 10.2. The lowest BCUT2D eigenvalue weighted by atomic mass is 10.2. The lowest BCUT2D eigenvalue weighted by Gasteiger charge is -2.22. The molecule has 0 aliphatic heterocycles. The third-order valence-electron chi connectivity index (χ3n) is 3.30. The molecule has 0 saturated carbocycles. The number of carbonyl (C=O) groups is 1. The van der Waals surface area contributed by atoms with Gasteiger partial charge in [0.05, 0.1) is 11.9 Å². The van der Waals surface area contributed by atoms with Crippen molar-refractivity contribution in [2.24, 2.45) is 0 Å². The zero-order chi connectivity index (χ0) is 16.8. The molecule has 0 radical (unpaired) electrons. The first kappa shape index (κ1) is 18.8. The normalized spacial score (nSPS) is 12.7. The summed E-state index contributed by atoms with van der Waals surface area (Å²) in [6.45, 7) is 4.19. The van der Waals surface area contributed by atoms with E-state index in [4.69, 9.17) is 11.6 Å². The van der Waals surface area contributed by atoms with Crippen LogP contribution in [0.15, 0.2) is 24.3 Å². The van der Waals surface area contributed by atoms with Crippen LogP contribution in [0.2, 0.25) is 5.02 Å². The van der Waals surface area contributed by atoms with Crippen molar-refractivity contribution in [3.8, 4) is 0 Å². The lowest BCUT2D eigenvalue weighted by Crippen LogP contribution is -2.34. The minimum Gasteiger partial charge on any atom is -0.354 e. The molecule has 1 atom stereocenters. The average molecular weight is 347 g/mol. The van der Waals surface area contributed by atoms with Gasteiger partial charge in [-0.3, -0.25) is 9.10 Å². The summed E-state index contributed by atoms with van der Waals surface area (Å²) < 4.78 is 25.1. The van der Waals surface area contributed by atoms with Crippen LogP contribution in [0.1, 0.15) is 33.1 Å². The quantitative estimate of drug-likeness (QED) is 0.787. The summed E-state index contributed by atoms with van der Waals surface area (Å²) in [6, 6.07) is 6.73. The summed E-state index contributed by atoms with van der Waals surface area (Å²) in [6.07, 6.45) is 2.77. The van der Waals surface area contributed by atoms with Crippen molar-refractivity contribution in [3.63, 3.8) is 0 Å². The highest BCUT2D eigenvalue weighted by Gasteiger charge is 2.17. The fraction of sp³-hybridized carbons (Fsp3) is 0.533. The highest BCUT2D eigenvalue weighted by Crippen LogP contribution is 2.20. The van der Waals surface area contributed by atoms with Crippen LogP contribution in [0, 0.1) is 0 Å². The van der Waals surface area contributed by atoms with Crippen molar-refractivity contribution in [2.75, 3.05) is 17.1 Å².